The van der Waals surface area contributed by atoms with Gasteiger partial charge in [0.05, 0.1) is 11.7 Å². The van der Waals surface area contributed by atoms with Crippen LogP contribution >= 0.6 is 0 Å². The van der Waals surface area contributed by atoms with E-state index in [0.717, 1.165) is 16.6 Å². The number of nitrogens with two attached hydrogens (primary N) is 1. The average Bonchev–Trinajstić information content (AvgIpc) is 3.28. The summed E-state index contributed by atoms with van der Waals surface area (Å²) < 4.78 is 20.0. The van der Waals surface area contributed by atoms with Crippen LogP contribution in [-0.4, -0.2) is 32.2 Å². The number of ether oxygens (including phenoxy) is 1. The third kappa shape index (κ3) is 4.16. The van der Waals surface area contributed by atoms with Crippen molar-refractivity contribution < 1.29 is 13.9 Å². The number of benzene rings is 2. The van der Waals surface area contributed by atoms with E-state index in [4.69, 9.17) is 10.5 Å². The fourth-order valence-electron chi connectivity index (χ4n) is 3.47. The maximum atomic E-state index is 14.3. The number of halogens is 1. The van der Waals surface area contributed by atoms with E-state index in [1.54, 1.807) is 30.6 Å². The molecule has 5 rings (SSSR count). The Morgan fingerprint density at radius 1 is 1.26 bits per heavy atom. The van der Waals surface area contributed by atoms with Crippen molar-refractivity contribution in [3.8, 4) is 17.1 Å². The van der Waals surface area contributed by atoms with Crippen molar-refractivity contribution in [2.45, 2.75) is 18.9 Å². The van der Waals surface area contributed by atoms with E-state index < -0.39 is 5.82 Å². The van der Waals surface area contributed by atoms with E-state index in [0.29, 0.717) is 23.6 Å². The molecule has 0 radical (unpaired) electrons. The molecule has 0 saturated heterocycles. The first kappa shape index (κ1) is 19.0. The SMILES string of the molecule is NC(=O)CC1CC1Oc1cc(-c2nccc(Nc3ccc4[nH]ncc4c3)n2)ccc1F. The second kappa shape index (κ2) is 7.67. The fraction of sp³-hybridized carbons (Fsp3) is 0.182. The third-order valence-electron chi connectivity index (χ3n) is 5.16. The molecule has 1 amide bonds. The van der Waals surface area contributed by atoms with Crippen molar-refractivity contribution in [2.75, 3.05) is 5.32 Å². The second-order valence-corrected chi connectivity index (χ2v) is 7.53. The standard InChI is InChI=1S/C22H19FN6O2/c23-16-3-1-12(8-19(16)31-18-9-13(18)10-20(24)30)22-25-6-5-21(28-22)27-15-2-4-17-14(7-15)11-26-29-17/h1-8,11,13,18H,9-10H2,(H2,24,30)(H,26,29)(H,25,27,28). The number of carbonyl (C=O) groups excluding carboxylic acids is 1. The van der Waals surface area contributed by atoms with Crippen molar-refractivity contribution in [3.05, 3.63) is 60.7 Å². The number of hydrogen-bond acceptors (Lipinski definition) is 6. The highest BCUT2D eigenvalue weighted by atomic mass is 19.1. The summed E-state index contributed by atoms with van der Waals surface area (Å²) >= 11 is 0. The summed E-state index contributed by atoms with van der Waals surface area (Å²) in [6.07, 6.45) is 4.11. The molecule has 8 nitrogen and oxygen atoms in total. The van der Waals surface area contributed by atoms with Crippen LogP contribution in [-0.2, 0) is 4.79 Å². The van der Waals surface area contributed by atoms with E-state index in [2.05, 4.69) is 25.5 Å². The van der Waals surface area contributed by atoms with Crippen LogP contribution in [0.5, 0.6) is 5.75 Å². The summed E-state index contributed by atoms with van der Waals surface area (Å²) in [5.41, 5.74) is 7.64. The predicted octanol–water partition coefficient (Wildman–Crippen LogP) is 3.55. The van der Waals surface area contributed by atoms with Gasteiger partial charge in [-0.25, -0.2) is 14.4 Å². The van der Waals surface area contributed by atoms with Gasteiger partial charge < -0.3 is 15.8 Å². The van der Waals surface area contributed by atoms with E-state index >= 15 is 0 Å². The van der Waals surface area contributed by atoms with Crippen molar-refractivity contribution in [2.24, 2.45) is 11.7 Å². The molecule has 31 heavy (non-hydrogen) atoms. The van der Waals surface area contributed by atoms with Gasteiger partial charge in [-0.3, -0.25) is 9.89 Å². The smallest absolute Gasteiger partial charge is 0.217 e. The predicted molar refractivity (Wildman–Crippen MR) is 113 cm³/mol. The van der Waals surface area contributed by atoms with Gasteiger partial charge in [0.25, 0.3) is 0 Å². The Kier molecular flexibility index (Phi) is 4.70. The maximum Gasteiger partial charge on any atom is 0.217 e. The largest absolute Gasteiger partial charge is 0.487 e. The van der Waals surface area contributed by atoms with Crippen LogP contribution in [0.15, 0.2) is 54.9 Å². The first-order valence-electron chi connectivity index (χ1n) is 9.83. The number of carbonyl (C=O) groups is 1. The molecule has 0 bridgehead atoms. The molecule has 1 aliphatic rings. The lowest BCUT2D eigenvalue weighted by Crippen LogP contribution is -2.13. The minimum absolute atomic E-state index is 0.0388. The number of aromatic nitrogens is 4. The minimum Gasteiger partial charge on any atom is -0.487 e. The molecule has 2 aromatic carbocycles. The third-order valence-corrected chi connectivity index (χ3v) is 5.16. The molecule has 0 aliphatic heterocycles. The van der Waals surface area contributed by atoms with Gasteiger partial charge in [-0.1, -0.05) is 0 Å². The molecule has 1 aliphatic carbocycles. The van der Waals surface area contributed by atoms with Crippen LogP contribution < -0.4 is 15.8 Å². The molecule has 9 heteroatoms. The summed E-state index contributed by atoms with van der Waals surface area (Å²) in [6, 6.07) is 12.1. The molecule has 156 valence electrons. The number of rotatable bonds is 7. The number of nitrogens with one attached hydrogen (secondary N) is 2. The highest BCUT2D eigenvalue weighted by molar-refractivity contribution is 5.82. The molecular weight excluding hydrogens is 399 g/mol. The summed E-state index contributed by atoms with van der Waals surface area (Å²) in [7, 11) is 0. The van der Waals surface area contributed by atoms with Gasteiger partial charge in [-0.2, -0.15) is 5.10 Å². The number of hydrogen-bond donors (Lipinski definition) is 3. The normalized spacial score (nSPS) is 17.5. The number of anilines is 2. The Balaban J connectivity index is 1.35. The van der Waals surface area contributed by atoms with Gasteiger partial charge in [0.1, 0.15) is 11.9 Å². The van der Waals surface area contributed by atoms with Gasteiger partial charge in [0.15, 0.2) is 17.4 Å². The average molecular weight is 418 g/mol. The molecule has 2 heterocycles. The molecule has 1 saturated carbocycles. The number of H-pyrrole nitrogens is 1. The zero-order chi connectivity index (χ0) is 21.4. The van der Waals surface area contributed by atoms with Crippen molar-refractivity contribution >= 4 is 28.3 Å². The lowest BCUT2D eigenvalue weighted by molar-refractivity contribution is -0.118. The van der Waals surface area contributed by atoms with Gasteiger partial charge in [0, 0.05) is 35.2 Å². The summed E-state index contributed by atoms with van der Waals surface area (Å²) in [4.78, 5) is 19.9. The van der Waals surface area contributed by atoms with E-state index in [1.807, 2.05) is 18.2 Å². The molecule has 1 fully saturated rings. The van der Waals surface area contributed by atoms with Crippen LogP contribution in [0.4, 0.5) is 15.9 Å². The van der Waals surface area contributed by atoms with Crippen LogP contribution in [0, 0.1) is 11.7 Å². The van der Waals surface area contributed by atoms with Gasteiger partial charge in [-0.05, 0) is 48.9 Å². The number of fused-ring (bicyclic) bond motifs is 1. The summed E-state index contributed by atoms with van der Waals surface area (Å²) in [5.74, 6) is 0.331. The lowest BCUT2D eigenvalue weighted by Gasteiger charge is -2.10. The molecular formula is C22H19FN6O2. The van der Waals surface area contributed by atoms with Gasteiger partial charge >= 0.3 is 0 Å². The fourth-order valence-corrected chi connectivity index (χ4v) is 3.47. The lowest BCUT2D eigenvalue weighted by atomic mass is 10.2. The second-order valence-electron chi connectivity index (χ2n) is 7.53. The van der Waals surface area contributed by atoms with Gasteiger partial charge in [-0.15, -0.1) is 0 Å². The molecule has 2 atom stereocenters. The molecule has 2 aromatic heterocycles. The molecule has 4 N–H and O–H groups in total. The molecule has 4 aromatic rings. The zero-order valence-corrected chi connectivity index (χ0v) is 16.4. The van der Waals surface area contributed by atoms with E-state index in [-0.39, 0.29) is 30.1 Å². The Bertz CT molecular complexity index is 1270. The van der Waals surface area contributed by atoms with Crippen LogP contribution in [0.2, 0.25) is 0 Å². The Labute approximate surface area is 176 Å². The van der Waals surface area contributed by atoms with Gasteiger partial charge in [0.2, 0.25) is 5.91 Å². The first-order chi connectivity index (χ1) is 15.0. The van der Waals surface area contributed by atoms with Crippen molar-refractivity contribution in [1.82, 2.24) is 20.2 Å². The van der Waals surface area contributed by atoms with Crippen LogP contribution in [0.1, 0.15) is 12.8 Å². The minimum atomic E-state index is -0.476. The van der Waals surface area contributed by atoms with Crippen LogP contribution in [0.3, 0.4) is 0 Å². The number of nitrogens with zero attached hydrogens (tertiary/aromatic N) is 3. The Morgan fingerprint density at radius 3 is 3.03 bits per heavy atom. The van der Waals surface area contributed by atoms with Crippen LogP contribution in [0.25, 0.3) is 22.3 Å². The summed E-state index contributed by atoms with van der Waals surface area (Å²) in [5, 5.41) is 11.2. The number of primary amides is 1. The summed E-state index contributed by atoms with van der Waals surface area (Å²) in [6.45, 7) is 0. The maximum absolute atomic E-state index is 14.3. The quantitative estimate of drug-likeness (QED) is 0.422. The van der Waals surface area contributed by atoms with Crippen molar-refractivity contribution in [3.63, 3.8) is 0 Å². The highest BCUT2D eigenvalue weighted by Crippen LogP contribution is 2.38. The van der Waals surface area contributed by atoms with Crippen molar-refractivity contribution in [1.29, 1.82) is 0 Å². The number of aromatic amines is 1. The van der Waals surface area contributed by atoms with E-state index in [1.165, 1.54) is 6.07 Å². The monoisotopic (exact) mass is 418 g/mol. The highest BCUT2D eigenvalue weighted by Gasteiger charge is 2.40. The molecule has 0 spiro atoms. The molecule has 2 unspecified atom stereocenters. The Hall–Kier alpha value is -4.01. The number of amides is 1. The zero-order valence-electron chi connectivity index (χ0n) is 16.4. The topological polar surface area (TPSA) is 119 Å². The Morgan fingerprint density at radius 2 is 2.16 bits per heavy atom. The first-order valence-corrected chi connectivity index (χ1v) is 9.83. The van der Waals surface area contributed by atoms with E-state index in [9.17, 15) is 9.18 Å².